The second kappa shape index (κ2) is 8.93. The van der Waals surface area contributed by atoms with Crippen LogP contribution in [-0.4, -0.2) is 37.8 Å². The number of ether oxygens (including phenoxy) is 1. The average molecular weight is 279 g/mol. The van der Waals surface area contributed by atoms with Crippen LogP contribution in [0.3, 0.4) is 0 Å². The minimum Gasteiger partial charge on any atom is -0.383 e. The molecule has 20 heavy (non-hydrogen) atoms. The molecule has 1 rings (SSSR count). The highest BCUT2D eigenvalue weighted by atomic mass is 16.5. The van der Waals surface area contributed by atoms with Gasteiger partial charge in [0.25, 0.3) is 0 Å². The molecule has 0 atom stereocenters. The van der Waals surface area contributed by atoms with Gasteiger partial charge in [0, 0.05) is 31.9 Å². The molecule has 0 aliphatic carbocycles. The first-order valence-electron chi connectivity index (χ1n) is 7.58. The number of anilines is 1. The monoisotopic (exact) mass is 279 g/mol. The number of aryl methyl sites for hydroxylation is 1. The third-order valence-corrected chi connectivity index (χ3v) is 3.32. The Bertz CT molecular complexity index is 393. The second-order valence-electron chi connectivity index (χ2n) is 5.24. The lowest BCUT2D eigenvalue weighted by Gasteiger charge is -2.28. The molecule has 0 fully saturated rings. The van der Waals surface area contributed by atoms with Crippen molar-refractivity contribution in [2.45, 2.75) is 46.7 Å². The molecular weight excluding hydrogens is 250 g/mol. The Labute approximate surface area is 123 Å². The zero-order valence-electron chi connectivity index (χ0n) is 13.6. The number of nitrogens with zero attached hydrogens (tertiary/aromatic N) is 2. The van der Waals surface area contributed by atoms with Crippen LogP contribution >= 0.6 is 0 Å². The summed E-state index contributed by atoms with van der Waals surface area (Å²) in [6, 6.07) is 4.80. The van der Waals surface area contributed by atoms with Gasteiger partial charge in [-0.15, -0.1) is 0 Å². The highest BCUT2D eigenvalue weighted by Crippen LogP contribution is 2.18. The number of aromatic nitrogens is 1. The van der Waals surface area contributed by atoms with Crippen molar-refractivity contribution in [2.75, 3.05) is 31.7 Å². The molecule has 0 radical (unpaired) electrons. The molecule has 0 saturated heterocycles. The molecule has 1 aromatic heterocycles. The summed E-state index contributed by atoms with van der Waals surface area (Å²) in [7, 11) is 1.74. The smallest absolute Gasteiger partial charge is 0.129 e. The van der Waals surface area contributed by atoms with E-state index in [2.05, 4.69) is 50.0 Å². The minimum atomic E-state index is 0.414. The van der Waals surface area contributed by atoms with Gasteiger partial charge >= 0.3 is 0 Å². The second-order valence-corrected chi connectivity index (χ2v) is 5.24. The first-order chi connectivity index (χ1) is 9.62. The number of rotatable bonds is 9. The summed E-state index contributed by atoms with van der Waals surface area (Å²) in [4.78, 5) is 7.08. The molecule has 4 heteroatoms. The summed E-state index contributed by atoms with van der Waals surface area (Å²) in [6.45, 7) is 12.1. The highest BCUT2D eigenvalue weighted by Gasteiger charge is 2.13. The molecule has 0 bridgehead atoms. The molecule has 0 aliphatic heterocycles. The predicted molar refractivity (Wildman–Crippen MR) is 85.4 cm³/mol. The van der Waals surface area contributed by atoms with E-state index in [4.69, 9.17) is 9.72 Å². The molecule has 1 heterocycles. The molecular formula is C16H29N3O. The van der Waals surface area contributed by atoms with Gasteiger partial charge in [0.1, 0.15) is 5.82 Å². The maximum Gasteiger partial charge on any atom is 0.129 e. The number of hydrogen-bond donors (Lipinski definition) is 1. The van der Waals surface area contributed by atoms with Crippen molar-refractivity contribution in [3.8, 4) is 0 Å². The zero-order chi connectivity index (χ0) is 15.0. The van der Waals surface area contributed by atoms with Crippen molar-refractivity contribution in [1.82, 2.24) is 10.3 Å². The van der Waals surface area contributed by atoms with E-state index in [-0.39, 0.29) is 0 Å². The largest absolute Gasteiger partial charge is 0.383 e. The van der Waals surface area contributed by atoms with Crippen LogP contribution in [0, 0.1) is 0 Å². The molecule has 0 spiro atoms. The third-order valence-electron chi connectivity index (χ3n) is 3.32. The van der Waals surface area contributed by atoms with Crippen LogP contribution in [0.25, 0.3) is 0 Å². The van der Waals surface area contributed by atoms with Crippen molar-refractivity contribution in [3.05, 3.63) is 23.4 Å². The van der Waals surface area contributed by atoms with Gasteiger partial charge in [-0.2, -0.15) is 0 Å². The minimum absolute atomic E-state index is 0.414. The molecule has 0 saturated carbocycles. The topological polar surface area (TPSA) is 37.4 Å². The lowest BCUT2D eigenvalue weighted by Crippen LogP contribution is -2.34. The molecule has 114 valence electrons. The Morgan fingerprint density at radius 2 is 2.05 bits per heavy atom. The van der Waals surface area contributed by atoms with Crippen LogP contribution in [0.1, 0.15) is 39.0 Å². The van der Waals surface area contributed by atoms with Gasteiger partial charge in [0.05, 0.1) is 6.61 Å². The number of methoxy groups -OCH3 is 1. The Morgan fingerprint density at radius 1 is 1.30 bits per heavy atom. The lowest BCUT2D eigenvalue weighted by molar-refractivity contribution is 0.203. The van der Waals surface area contributed by atoms with E-state index in [0.29, 0.717) is 6.04 Å². The summed E-state index contributed by atoms with van der Waals surface area (Å²) >= 11 is 0. The van der Waals surface area contributed by atoms with Crippen LogP contribution in [0.5, 0.6) is 0 Å². The highest BCUT2D eigenvalue weighted by molar-refractivity contribution is 5.43. The first-order valence-corrected chi connectivity index (χ1v) is 7.58. The lowest BCUT2D eigenvalue weighted by atomic mass is 10.1. The fourth-order valence-electron chi connectivity index (χ4n) is 2.16. The van der Waals surface area contributed by atoms with Gasteiger partial charge in [-0.25, -0.2) is 4.98 Å². The van der Waals surface area contributed by atoms with Crippen molar-refractivity contribution in [1.29, 1.82) is 0 Å². The maximum absolute atomic E-state index is 5.21. The van der Waals surface area contributed by atoms with Gasteiger partial charge < -0.3 is 15.0 Å². The maximum atomic E-state index is 5.21. The predicted octanol–water partition coefficient (Wildman–Crippen LogP) is 2.61. The Morgan fingerprint density at radius 3 is 2.60 bits per heavy atom. The molecule has 1 aromatic rings. The molecule has 0 aromatic carbocycles. The summed E-state index contributed by atoms with van der Waals surface area (Å²) in [5, 5.41) is 3.38. The summed E-state index contributed by atoms with van der Waals surface area (Å²) in [6.07, 6.45) is 0.961. The first kappa shape index (κ1) is 16.9. The summed E-state index contributed by atoms with van der Waals surface area (Å²) < 4.78 is 5.21. The quantitative estimate of drug-likeness (QED) is 0.754. The molecule has 4 nitrogen and oxygen atoms in total. The van der Waals surface area contributed by atoms with Crippen molar-refractivity contribution >= 4 is 5.82 Å². The van der Waals surface area contributed by atoms with E-state index in [0.717, 1.165) is 44.2 Å². The van der Waals surface area contributed by atoms with E-state index in [1.165, 1.54) is 5.56 Å². The number of nitrogens with one attached hydrogen (secondary N) is 1. The molecule has 0 unspecified atom stereocenters. The van der Waals surface area contributed by atoms with Crippen LogP contribution in [-0.2, 0) is 17.7 Å². The molecule has 1 N–H and O–H groups in total. The summed E-state index contributed by atoms with van der Waals surface area (Å²) in [5.74, 6) is 1.06. The van der Waals surface area contributed by atoms with E-state index < -0.39 is 0 Å². The Balaban J connectivity index is 2.99. The van der Waals surface area contributed by atoms with E-state index in [1.807, 2.05) is 0 Å². The average Bonchev–Trinajstić information content (AvgIpc) is 2.45. The van der Waals surface area contributed by atoms with E-state index in [1.54, 1.807) is 7.11 Å². The fraction of sp³-hybridized carbons (Fsp3) is 0.688. The number of pyridine rings is 1. The van der Waals surface area contributed by atoms with Gasteiger partial charge in [-0.05, 0) is 44.5 Å². The fourth-order valence-corrected chi connectivity index (χ4v) is 2.16. The van der Waals surface area contributed by atoms with Crippen LogP contribution in [0.2, 0.25) is 0 Å². The van der Waals surface area contributed by atoms with Crippen molar-refractivity contribution in [2.24, 2.45) is 0 Å². The van der Waals surface area contributed by atoms with E-state index in [9.17, 15) is 0 Å². The van der Waals surface area contributed by atoms with Crippen LogP contribution in [0.15, 0.2) is 12.1 Å². The zero-order valence-corrected chi connectivity index (χ0v) is 13.6. The Kier molecular flexibility index (Phi) is 7.55. The molecule has 0 amide bonds. The SMILES string of the molecule is CCNCc1cc(CC)nc(N(CCOC)C(C)C)c1. The van der Waals surface area contributed by atoms with Gasteiger partial charge in [-0.3, -0.25) is 0 Å². The van der Waals surface area contributed by atoms with E-state index >= 15 is 0 Å². The van der Waals surface area contributed by atoms with Gasteiger partial charge in [-0.1, -0.05) is 13.8 Å². The third kappa shape index (κ3) is 5.10. The van der Waals surface area contributed by atoms with Crippen molar-refractivity contribution < 1.29 is 4.74 Å². The normalized spacial score (nSPS) is 11.1. The van der Waals surface area contributed by atoms with Gasteiger partial charge in [0.2, 0.25) is 0 Å². The van der Waals surface area contributed by atoms with Crippen molar-refractivity contribution in [3.63, 3.8) is 0 Å². The van der Waals surface area contributed by atoms with Crippen LogP contribution in [0.4, 0.5) is 5.82 Å². The Hall–Kier alpha value is -1.13. The molecule has 0 aliphatic rings. The summed E-state index contributed by atoms with van der Waals surface area (Å²) in [5.41, 5.74) is 2.45. The van der Waals surface area contributed by atoms with Crippen LogP contribution < -0.4 is 10.2 Å². The number of hydrogen-bond acceptors (Lipinski definition) is 4. The standard InChI is InChI=1S/C16H29N3O/c1-6-15-10-14(12-17-7-2)11-16(18-15)19(13(3)4)8-9-20-5/h10-11,13,17H,6-9,12H2,1-5H3. The van der Waals surface area contributed by atoms with Gasteiger partial charge in [0.15, 0.2) is 0 Å².